The minimum Gasteiger partial charge on any atom is -0.348 e. The number of benzene rings is 2. The molecular formula is C20H22N4O3S. The molecule has 0 unspecified atom stereocenters. The van der Waals surface area contributed by atoms with Crippen molar-refractivity contribution in [3.8, 4) is 0 Å². The van der Waals surface area contributed by atoms with Gasteiger partial charge in [0.05, 0.1) is 11.2 Å². The number of nitrogens with one attached hydrogen (secondary N) is 1. The first kappa shape index (κ1) is 19.8. The zero-order chi connectivity index (χ0) is 20.1. The van der Waals surface area contributed by atoms with E-state index in [-0.39, 0.29) is 10.8 Å². The van der Waals surface area contributed by atoms with Crippen LogP contribution >= 0.6 is 0 Å². The zero-order valence-corrected chi connectivity index (χ0v) is 16.6. The van der Waals surface area contributed by atoms with Crippen LogP contribution < -0.4 is 5.32 Å². The fourth-order valence-corrected chi connectivity index (χ4v) is 3.67. The van der Waals surface area contributed by atoms with Crippen LogP contribution in [0.3, 0.4) is 0 Å². The SMILES string of the molecule is CN(C)S(=O)(=O)c1cccc(C(=O)NCc2cccc(Cn3ccnc3)c2)c1. The third kappa shape index (κ3) is 4.65. The summed E-state index contributed by atoms with van der Waals surface area (Å²) >= 11 is 0. The van der Waals surface area contributed by atoms with Gasteiger partial charge in [-0.1, -0.05) is 30.3 Å². The predicted molar refractivity (Wildman–Crippen MR) is 106 cm³/mol. The highest BCUT2D eigenvalue weighted by Crippen LogP contribution is 2.15. The van der Waals surface area contributed by atoms with Crippen LogP contribution in [0.1, 0.15) is 21.5 Å². The number of amides is 1. The highest BCUT2D eigenvalue weighted by atomic mass is 32.2. The number of rotatable bonds is 7. The molecule has 0 aliphatic carbocycles. The molecule has 0 radical (unpaired) electrons. The van der Waals surface area contributed by atoms with Crippen LogP contribution in [0.15, 0.2) is 72.1 Å². The Morgan fingerprint density at radius 2 is 1.86 bits per heavy atom. The Bertz CT molecular complexity index is 1060. The fraction of sp³-hybridized carbons (Fsp3) is 0.200. The number of imidazole rings is 1. The number of sulfonamides is 1. The van der Waals surface area contributed by atoms with Crippen LogP contribution in [0, 0.1) is 0 Å². The average Bonchev–Trinajstić information content (AvgIpc) is 3.19. The maximum atomic E-state index is 12.5. The third-order valence-electron chi connectivity index (χ3n) is 4.24. The minimum absolute atomic E-state index is 0.0903. The van der Waals surface area contributed by atoms with Crippen LogP contribution in [0.2, 0.25) is 0 Å². The van der Waals surface area contributed by atoms with Gasteiger partial charge in [-0.2, -0.15) is 0 Å². The van der Waals surface area contributed by atoms with Gasteiger partial charge in [-0.3, -0.25) is 4.79 Å². The molecule has 7 nitrogen and oxygen atoms in total. The van der Waals surface area contributed by atoms with E-state index in [4.69, 9.17) is 0 Å². The van der Waals surface area contributed by atoms with E-state index >= 15 is 0 Å². The highest BCUT2D eigenvalue weighted by Gasteiger charge is 2.18. The summed E-state index contributed by atoms with van der Waals surface area (Å²) in [6.45, 7) is 1.05. The maximum absolute atomic E-state index is 12.5. The van der Waals surface area contributed by atoms with Crippen molar-refractivity contribution in [1.29, 1.82) is 0 Å². The standard InChI is InChI=1S/C20H22N4O3S/c1-23(2)28(26,27)19-8-4-7-18(12-19)20(25)22-13-16-5-3-6-17(11-16)14-24-10-9-21-15-24/h3-12,15H,13-14H2,1-2H3,(H,22,25). The fourth-order valence-electron chi connectivity index (χ4n) is 2.72. The second-order valence-electron chi connectivity index (χ2n) is 6.55. The Morgan fingerprint density at radius 3 is 2.57 bits per heavy atom. The predicted octanol–water partition coefficient (Wildman–Crippen LogP) is 2.11. The van der Waals surface area contributed by atoms with Gasteiger partial charge in [-0.15, -0.1) is 0 Å². The number of hydrogen-bond donors (Lipinski definition) is 1. The molecule has 28 heavy (non-hydrogen) atoms. The van der Waals surface area contributed by atoms with Crippen molar-refractivity contribution in [1.82, 2.24) is 19.2 Å². The van der Waals surface area contributed by atoms with Crippen molar-refractivity contribution in [3.05, 3.63) is 83.9 Å². The normalized spacial score (nSPS) is 11.5. The molecule has 0 saturated carbocycles. The van der Waals surface area contributed by atoms with Crippen LogP contribution in [0.4, 0.5) is 0 Å². The third-order valence-corrected chi connectivity index (χ3v) is 6.05. The number of nitrogens with zero attached hydrogens (tertiary/aromatic N) is 3. The second-order valence-corrected chi connectivity index (χ2v) is 8.70. The van der Waals surface area contributed by atoms with E-state index in [1.807, 2.05) is 35.0 Å². The summed E-state index contributed by atoms with van der Waals surface area (Å²) in [6.07, 6.45) is 5.38. The molecule has 146 valence electrons. The van der Waals surface area contributed by atoms with Gasteiger partial charge >= 0.3 is 0 Å². The van der Waals surface area contributed by atoms with E-state index < -0.39 is 10.0 Å². The molecule has 0 atom stereocenters. The molecule has 8 heteroatoms. The molecule has 1 aromatic heterocycles. The van der Waals surface area contributed by atoms with Gasteiger partial charge in [0.15, 0.2) is 0 Å². The maximum Gasteiger partial charge on any atom is 0.251 e. The Labute approximate surface area is 164 Å². The summed E-state index contributed by atoms with van der Waals surface area (Å²) in [5.74, 6) is -0.323. The van der Waals surface area contributed by atoms with Gasteiger partial charge in [-0.05, 0) is 29.3 Å². The van der Waals surface area contributed by atoms with Crippen LogP contribution in [0.5, 0.6) is 0 Å². The Balaban J connectivity index is 1.68. The van der Waals surface area contributed by atoms with E-state index in [1.54, 1.807) is 24.7 Å². The Hall–Kier alpha value is -2.97. The van der Waals surface area contributed by atoms with Gasteiger partial charge in [0, 0.05) is 45.1 Å². The van der Waals surface area contributed by atoms with Gasteiger partial charge in [-0.25, -0.2) is 17.7 Å². The van der Waals surface area contributed by atoms with E-state index in [9.17, 15) is 13.2 Å². The van der Waals surface area contributed by atoms with E-state index in [0.717, 1.165) is 15.4 Å². The minimum atomic E-state index is -3.58. The molecular weight excluding hydrogens is 376 g/mol. The second kappa shape index (κ2) is 8.37. The summed E-state index contributed by atoms with van der Waals surface area (Å²) in [5, 5.41) is 2.84. The van der Waals surface area contributed by atoms with Crippen LogP contribution in [-0.4, -0.2) is 42.3 Å². The van der Waals surface area contributed by atoms with Gasteiger partial charge in [0.25, 0.3) is 5.91 Å². The van der Waals surface area contributed by atoms with E-state index in [2.05, 4.69) is 10.3 Å². The van der Waals surface area contributed by atoms with Crippen molar-refractivity contribution < 1.29 is 13.2 Å². The van der Waals surface area contributed by atoms with Crippen LogP contribution in [0.25, 0.3) is 0 Å². The van der Waals surface area contributed by atoms with Crippen molar-refractivity contribution in [3.63, 3.8) is 0 Å². The highest BCUT2D eigenvalue weighted by molar-refractivity contribution is 7.89. The topological polar surface area (TPSA) is 84.3 Å². The molecule has 0 saturated heterocycles. The Morgan fingerprint density at radius 1 is 1.11 bits per heavy atom. The van der Waals surface area contributed by atoms with E-state index in [1.165, 1.54) is 26.2 Å². The molecule has 0 fully saturated rings. The largest absolute Gasteiger partial charge is 0.348 e. The molecule has 0 spiro atoms. The zero-order valence-electron chi connectivity index (χ0n) is 15.7. The lowest BCUT2D eigenvalue weighted by Crippen LogP contribution is -2.25. The van der Waals surface area contributed by atoms with Gasteiger partial charge in [0.2, 0.25) is 10.0 Å². The van der Waals surface area contributed by atoms with Gasteiger partial charge in [0.1, 0.15) is 0 Å². The van der Waals surface area contributed by atoms with E-state index in [0.29, 0.717) is 18.7 Å². The van der Waals surface area contributed by atoms with Crippen LogP contribution in [-0.2, 0) is 23.1 Å². The first-order valence-corrected chi connectivity index (χ1v) is 10.1. The summed E-state index contributed by atoms with van der Waals surface area (Å²) in [6, 6.07) is 13.9. The first-order chi connectivity index (χ1) is 13.4. The summed E-state index contributed by atoms with van der Waals surface area (Å²) in [5.41, 5.74) is 2.37. The molecule has 2 aromatic carbocycles. The summed E-state index contributed by atoms with van der Waals surface area (Å²) in [4.78, 5) is 16.6. The molecule has 0 bridgehead atoms. The van der Waals surface area contributed by atoms with Crippen molar-refractivity contribution in [2.24, 2.45) is 0 Å². The average molecular weight is 398 g/mol. The lowest BCUT2D eigenvalue weighted by molar-refractivity contribution is 0.0950. The number of carbonyl (C=O) groups excluding carboxylic acids is 1. The Kier molecular flexibility index (Phi) is 5.91. The number of aromatic nitrogens is 2. The molecule has 0 aliphatic rings. The summed E-state index contributed by atoms with van der Waals surface area (Å²) in [7, 11) is -0.670. The lowest BCUT2D eigenvalue weighted by atomic mass is 10.1. The smallest absolute Gasteiger partial charge is 0.251 e. The molecule has 3 rings (SSSR count). The molecule has 3 aromatic rings. The number of hydrogen-bond acceptors (Lipinski definition) is 4. The van der Waals surface area contributed by atoms with Crippen molar-refractivity contribution in [2.75, 3.05) is 14.1 Å². The first-order valence-electron chi connectivity index (χ1n) is 8.70. The lowest BCUT2D eigenvalue weighted by Gasteiger charge is -2.12. The summed E-state index contributed by atoms with van der Waals surface area (Å²) < 4.78 is 27.6. The quantitative estimate of drug-likeness (QED) is 0.661. The van der Waals surface area contributed by atoms with Gasteiger partial charge < -0.3 is 9.88 Å². The molecule has 1 amide bonds. The molecule has 1 heterocycles. The van der Waals surface area contributed by atoms with Crippen molar-refractivity contribution >= 4 is 15.9 Å². The number of carbonyl (C=O) groups is 1. The van der Waals surface area contributed by atoms with Crippen molar-refractivity contribution in [2.45, 2.75) is 18.0 Å². The molecule has 1 N–H and O–H groups in total. The monoisotopic (exact) mass is 398 g/mol. The molecule has 0 aliphatic heterocycles.